The highest BCUT2D eigenvalue weighted by Gasteiger charge is 2.10. The van der Waals surface area contributed by atoms with Gasteiger partial charge in [0, 0.05) is 12.1 Å². The molecule has 0 aliphatic carbocycles. The molecule has 1 aromatic heterocycles. The molecule has 120 valence electrons. The van der Waals surface area contributed by atoms with Gasteiger partial charge in [0.25, 0.3) is 5.56 Å². The highest BCUT2D eigenvalue weighted by atomic mass is 16.5. The lowest BCUT2D eigenvalue weighted by molar-refractivity contribution is 0.317. The normalized spacial score (nSPS) is 10.3. The fraction of sp³-hybridized carbons (Fsp3) is 0.368. The molecule has 0 saturated heterocycles. The molecule has 2 aromatic rings. The van der Waals surface area contributed by atoms with Crippen LogP contribution in [0.4, 0.5) is 0 Å². The van der Waals surface area contributed by atoms with Crippen molar-refractivity contribution >= 4 is 0 Å². The summed E-state index contributed by atoms with van der Waals surface area (Å²) < 4.78 is 7.37. The first-order valence-corrected chi connectivity index (χ1v) is 8.08. The molecular formula is C19H22N2O2. The third kappa shape index (κ3) is 4.01. The Kier molecular flexibility index (Phi) is 5.99. The molecule has 0 amide bonds. The topological polar surface area (TPSA) is 55.0 Å². The van der Waals surface area contributed by atoms with Crippen LogP contribution in [0.3, 0.4) is 0 Å². The van der Waals surface area contributed by atoms with Crippen LogP contribution >= 0.6 is 0 Å². The van der Waals surface area contributed by atoms with Gasteiger partial charge in [0.05, 0.1) is 12.3 Å². The summed E-state index contributed by atoms with van der Waals surface area (Å²) in [7, 11) is 0. The van der Waals surface area contributed by atoms with Gasteiger partial charge in [-0.25, -0.2) is 0 Å². The maximum atomic E-state index is 12.5. The molecule has 0 aliphatic heterocycles. The number of hydrogen-bond donors (Lipinski definition) is 0. The van der Waals surface area contributed by atoms with Crippen molar-refractivity contribution in [2.24, 2.45) is 0 Å². The molecule has 0 atom stereocenters. The van der Waals surface area contributed by atoms with Crippen molar-refractivity contribution in [3.63, 3.8) is 0 Å². The lowest BCUT2D eigenvalue weighted by Crippen LogP contribution is -2.24. The molecule has 1 aromatic carbocycles. The van der Waals surface area contributed by atoms with Crippen LogP contribution in [0.1, 0.15) is 38.7 Å². The molecule has 0 radical (unpaired) electrons. The van der Waals surface area contributed by atoms with Crippen molar-refractivity contribution in [1.82, 2.24) is 4.57 Å². The molecule has 0 N–H and O–H groups in total. The molecule has 2 rings (SSSR count). The van der Waals surface area contributed by atoms with E-state index in [1.54, 1.807) is 10.6 Å². The summed E-state index contributed by atoms with van der Waals surface area (Å²) in [5, 5.41) is 9.09. The summed E-state index contributed by atoms with van der Waals surface area (Å²) in [6.07, 6.45) is 2.83. The predicted molar refractivity (Wildman–Crippen MR) is 91.5 cm³/mol. The average molecular weight is 310 g/mol. The highest BCUT2D eigenvalue weighted by molar-refractivity contribution is 5.62. The Morgan fingerprint density at radius 2 is 2.00 bits per heavy atom. The van der Waals surface area contributed by atoms with E-state index >= 15 is 0 Å². The van der Waals surface area contributed by atoms with Gasteiger partial charge in [-0.05, 0) is 37.1 Å². The largest absolute Gasteiger partial charge is 0.494 e. The summed E-state index contributed by atoms with van der Waals surface area (Å²) in [5.41, 5.74) is 1.71. The lowest BCUT2D eigenvalue weighted by atomic mass is 10.1. The zero-order valence-corrected chi connectivity index (χ0v) is 13.7. The van der Waals surface area contributed by atoms with Crippen LogP contribution < -0.4 is 10.3 Å². The molecule has 4 heteroatoms. The molecule has 1 heterocycles. The zero-order valence-electron chi connectivity index (χ0n) is 13.7. The van der Waals surface area contributed by atoms with Crippen LogP contribution in [0, 0.1) is 11.3 Å². The van der Waals surface area contributed by atoms with Gasteiger partial charge in [-0.2, -0.15) is 5.26 Å². The second-order valence-electron chi connectivity index (χ2n) is 5.43. The van der Waals surface area contributed by atoms with Gasteiger partial charge in [-0.3, -0.25) is 4.79 Å². The molecule has 0 spiro atoms. The molecule has 4 nitrogen and oxygen atoms in total. The van der Waals surface area contributed by atoms with Crippen LogP contribution in [0.5, 0.6) is 5.75 Å². The van der Waals surface area contributed by atoms with E-state index in [9.17, 15) is 4.79 Å². The number of ether oxygens (including phenoxy) is 1. The molecule has 23 heavy (non-hydrogen) atoms. The van der Waals surface area contributed by atoms with Crippen molar-refractivity contribution in [2.45, 2.75) is 39.7 Å². The fourth-order valence-corrected chi connectivity index (χ4v) is 2.42. The van der Waals surface area contributed by atoms with Crippen molar-refractivity contribution in [3.05, 3.63) is 52.3 Å². The van der Waals surface area contributed by atoms with E-state index < -0.39 is 0 Å². The zero-order chi connectivity index (χ0) is 16.7. The Bertz CT molecular complexity index is 757. The third-order valence-electron chi connectivity index (χ3n) is 3.63. The van der Waals surface area contributed by atoms with Gasteiger partial charge in [-0.1, -0.05) is 32.4 Å². The number of unbranched alkanes of at least 4 members (excludes halogenated alkanes) is 1. The minimum Gasteiger partial charge on any atom is -0.494 e. The summed E-state index contributed by atoms with van der Waals surface area (Å²) in [4.78, 5) is 12.5. The quantitative estimate of drug-likeness (QED) is 0.777. The Morgan fingerprint density at radius 1 is 1.17 bits per heavy atom. The molecule has 0 fully saturated rings. The Hall–Kier alpha value is -2.54. The molecule has 0 saturated carbocycles. The molecular weight excluding hydrogens is 288 g/mol. The van der Waals surface area contributed by atoms with Crippen molar-refractivity contribution in [2.75, 3.05) is 6.61 Å². The standard InChI is InChI=1S/C19H22N2O2/c1-3-5-11-21-18(10-9-16(14-20)19(21)22)15-7-6-8-17(13-15)23-12-4-2/h6-10,13H,3-5,11-12H2,1-2H3. The summed E-state index contributed by atoms with van der Waals surface area (Å²) in [6, 6.07) is 13.2. The number of rotatable bonds is 7. The number of nitriles is 1. The van der Waals surface area contributed by atoms with Crippen molar-refractivity contribution < 1.29 is 4.74 Å². The summed E-state index contributed by atoms with van der Waals surface area (Å²) in [5.74, 6) is 0.795. The van der Waals surface area contributed by atoms with Crippen LogP contribution in [-0.2, 0) is 6.54 Å². The maximum absolute atomic E-state index is 12.5. The maximum Gasteiger partial charge on any atom is 0.268 e. The van der Waals surface area contributed by atoms with Gasteiger partial charge in [-0.15, -0.1) is 0 Å². The van der Waals surface area contributed by atoms with Gasteiger partial charge in [0.15, 0.2) is 0 Å². The number of benzene rings is 1. The number of nitrogens with zero attached hydrogens (tertiary/aromatic N) is 2. The lowest BCUT2D eigenvalue weighted by Gasteiger charge is -2.14. The summed E-state index contributed by atoms with van der Waals surface area (Å²) in [6.45, 7) is 5.42. The first kappa shape index (κ1) is 16.8. The molecule has 0 unspecified atom stereocenters. The third-order valence-corrected chi connectivity index (χ3v) is 3.63. The number of aromatic nitrogens is 1. The average Bonchev–Trinajstić information content (AvgIpc) is 2.59. The SMILES string of the molecule is CCCCn1c(-c2cccc(OCCC)c2)ccc(C#N)c1=O. The van der Waals surface area contributed by atoms with Crippen LogP contribution in [0.15, 0.2) is 41.2 Å². The minimum atomic E-state index is -0.224. The Balaban J connectivity index is 2.48. The van der Waals surface area contributed by atoms with Crippen molar-refractivity contribution in [3.8, 4) is 23.1 Å². The smallest absolute Gasteiger partial charge is 0.268 e. The van der Waals surface area contributed by atoms with Gasteiger partial charge in [0.1, 0.15) is 17.4 Å². The van der Waals surface area contributed by atoms with E-state index in [-0.39, 0.29) is 11.1 Å². The molecule has 0 aliphatic rings. The highest BCUT2D eigenvalue weighted by Crippen LogP contribution is 2.24. The van der Waals surface area contributed by atoms with Gasteiger partial charge < -0.3 is 9.30 Å². The van der Waals surface area contributed by atoms with Gasteiger partial charge >= 0.3 is 0 Å². The van der Waals surface area contributed by atoms with Gasteiger partial charge in [0.2, 0.25) is 0 Å². The predicted octanol–water partition coefficient (Wildman–Crippen LogP) is 3.98. The Morgan fingerprint density at radius 3 is 2.70 bits per heavy atom. The number of hydrogen-bond acceptors (Lipinski definition) is 3. The molecule has 0 bridgehead atoms. The Labute approximate surface area is 137 Å². The van der Waals surface area contributed by atoms with Crippen LogP contribution in [-0.4, -0.2) is 11.2 Å². The van der Waals surface area contributed by atoms with E-state index in [0.29, 0.717) is 13.2 Å². The second-order valence-corrected chi connectivity index (χ2v) is 5.43. The monoisotopic (exact) mass is 310 g/mol. The van der Waals surface area contributed by atoms with E-state index in [1.165, 1.54) is 0 Å². The second kappa shape index (κ2) is 8.19. The van der Waals surface area contributed by atoms with Crippen molar-refractivity contribution in [1.29, 1.82) is 5.26 Å². The van der Waals surface area contributed by atoms with Crippen LogP contribution in [0.25, 0.3) is 11.3 Å². The van der Waals surface area contributed by atoms with E-state index in [1.807, 2.05) is 36.4 Å². The fourth-order valence-electron chi connectivity index (χ4n) is 2.42. The van der Waals surface area contributed by atoms with E-state index in [2.05, 4.69) is 13.8 Å². The minimum absolute atomic E-state index is 0.184. The van der Waals surface area contributed by atoms with E-state index in [0.717, 1.165) is 36.3 Å². The van der Waals surface area contributed by atoms with Crippen LogP contribution in [0.2, 0.25) is 0 Å². The van der Waals surface area contributed by atoms with E-state index in [4.69, 9.17) is 10.00 Å². The summed E-state index contributed by atoms with van der Waals surface area (Å²) >= 11 is 0. The first-order chi connectivity index (χ1) is 11.2. The number of pyridine rings is 1. The first-order valence-electron chi connectivity index (χ1n) is 8.08.